The molecule has 12 heteroatoms. The predicted octanol–water partition coefficient (Wildman–Crippen LogP) is 0.724. The second kappa shape index (κ2) is 10.1. The Labute approximate surface area is 190 Å². The second-order valence-electron chi connectivity index (χ2n) is 7.38. The monoisotopic (exact) mass is 451 g/mol. The topological polar surface area (TPSA) is 140 Å². The van der Waals surface area contributed by atoms with Gasteiger partial charge < -0.3 is 19.9 Å². The van der Waals surface area contributed by atoms with Crippen molar-refractivity contribution in [1.29, 1.82) is 0 Å². The number of rotatable bonds is 7. The Morgan fingerprint density at radius 3 is 2.88 bits per heavy atom. The van der Waals surface area contributed by atoms with Crippen LogP contribution in [0.15, 0.2) is 46.3 Å². The minimum atomic E-state index is -0.719. The number of carbonyl (C=O) groups is 1. The van der Waals surface area contributed by atoms with E-state index >= 15 is 0 Å². The zero-order valence-electron chi connectivity index (χ0n) is 18.2. The number of likely N-dealkylation sites (N-methyl/N-ethyl adjacent to an activating group) is 1. The summed E-state index contributed by atoms with van der Waals surface area (Å²) < 4.78 is 5.51. The first-order valence-electron chi connectivity index (χ1n) is 10.4. The first-order chi connectivity index (χ1) is 16.1. The molecule has 0 bridgehead atoms. The maximum atomic E-state index is 11.7. The summed E-state index contributed by atoms with van der Waals surface area (Å²) in [5.74, 6) is 1.42. The van der Waals surface area contributed by atoms with Gasteiger partial charge in [0, 0.05) is 50.5 Å². The molecule has 0 spiro atoms. The van der Waals surface area contributed by atoms with Crippen LogP contribution in [0.5, 0.6) is 0 Å². The molecule has 3 N–H and O–H groups in total. The number of nitrogens with one attached hydrogen (secondary N) is 2. The summed E-state index contributed by atoms with van der Waals surface area (Å²) in [5, 5.41) is 12.3. The predicted molar refractivity (Wildman–Crippen MR) is 125 cm³/mol. The van der Waals surface area contributed by atoms with Crippen molar-refractivity contribution >= 4 is 36.2 Å². The lowest BCUT2D eigenvalue weighted by Crippen LogP contribution is -2.37. The van der Waals surface area contributed by atoms with Gasteiger partial charge in [0.05, 0.1) is 25.3 Å². The second-order valence-corrected chi connectivity index (χ2v) is 7.38. The Morgan fingerprint density at radius 2 is 2.18 bits per heavy atom. The molecule has 4 rings (SSSR count). The number of ether oxygens (including phenoxy) is 1. The van der Waals surface area contributed by atoms with Gasteiger partial charge in [-0.3, -0.25) is 25.0 Å². The number of aromatic nitrogens is 3. The van der Waals surface area contributed by atoms with Crippen molar-refractivity contribution in [3.8, 4) is 11.4 Å². The van der Waals surface area contributed by atoms with Crippen molar-refractivity contribution in [3.05, 3.63) is 36.3 Å². The summed E-state index contributed by atoms with van der Waals surface area (Å²) in [5.41, 5.74) is 3.30. The molecule has 0 aliphatic carbocycles. The molecule has 1 amide bonds. The zero-order chi connectivity index (χ0) is 23.2. The number of pyridine rings is 1. The van der Waals surface area contributed by atoms with Gasteiger partial charge in [-0.2, -0.15) is 0 Å². The summed E-state index contributed by atoms with van der Waals surface area (Å²) in [6, 6.07) is 3.78. The molecule has 33 heavy (non-hydrogen) atoms. The number of fused-ring (bicyclic) bond motifs is 1. The van der Waals surface area contributed by atoms with E-state index in [0.29, 0.717) is 25.6 Å². The smallest absolute Gasteiger partial charge is 0.277 e. The standard InChI is InChI=1S/C21H25N9O3/c1-22-10-15(21(31)28-32)12-24-13-16-25-17-19(29(16)2)26-18(14-4-3-5-23-11-14)27-20(17)30-6-8-33-9-7-30/h3-5,10-12,16,25,32H,1,6-9,13H2,2H3,(H,28,31)/b15-10+,24-12?. The van der Waals surface area contributed by atoms with E-state index in [-0.39, 0.29) is 11.7 Å². The molecule has 1 unspecified atom stereocenters. The fourth-order valence-corrected chi connectivity index (χ4v) is 3.59. The van der Waals surface area contributed by atoms with Crippen molar-refractivity contribution in [2.45, 2.75) is 6.17 Å². The normalized spacial score (nSPS) is 18.2. The van der Waals surface area contributed by atoms with E-state index in [2.05, 4.69) is 31.9 Å². The van der Waals surface area contributed by atoms with Crippen molar-refractivity contribution in [2.24, 2.45) is 9.98 Å². The van der Waals surface area contributed by atoms with Crippen molar-refractivity contribution < 1.29 is 14.7 Å². The van der Waals surface area contributed by atoms with E-state index in [0.717, 1.165) is 36.0 Å². The van der Waals surface area contributed by atoms with Crippen LogP contribution in [-0.4, -0.2) is 85.1 Å². The lowest BCUT2D eigenvalue weighted by atomic mass is 10.2. The average Bonchev–Trinajstić information content (AvgIpc) is 3.18. The van der Waals surface area contributed by atoms with Gasteiger partial charge in [-0.05, 0) is 18.9 Å². The quantitative estimate of drug-likeness (QED) is 0.240. The summed E-state index contributed by atoms with van der Waals surface area (Å²) in [7, 11) is 1.92. The molecule has 0 saturated carbocycles. The van der Waals surface area contributed by atoms with Gasteiger partial charge >= 0.3 is 0 Å². The van der Waals surface area contributed by atoms with Crippen LogP contribution in [-0.2, 0) is 9.53 Å². The van der Waals surface area contributed by atoms with E-state index in [1.807, 2.05) is 24.1 Å². The number of morpholine rings is 1. The Balaban J connectivity index is 1.62. The lowest BCUT2D eigenvalue weighted by molar-refractivity contribution is -0.124. The van der Waals surface area contributed by atoms with Gasteiger partial charge in [0.2, 0.25) is 0 Å². The number of amides is 1. The van der Waals surface area contributed by atoms with Crippen molar-refractivity contribution in [2.75, 3.05) is 55.0 Å². The van der Waals surface area contributed by atoms with Crippen LogP contribution in [0, 0.1) is 0 Å². The van der Waals surface area contributed by atoms with Gasteiger partial charge in [-0.1, -0.05) is 0 Å². The van der Waals surface area contributed by atoms with Crippen LogP contribution in [0.1, 0.15) is 0 Å². The largest absolute Gasteiger partial charge is 0.378 e. The molecule has 12 nitrogen and oxygen atoms in total. The van der Waals surface area contributed by atoms with Crippen molar-refractivity contribution in [1.82, 2.24) is 20.4 Å². The number of hydrogen-bond acceptors (Lipinski definition) is 11. The van der Waals surface area contributed by atoms with Crippen LogP contribution < -0.4 is 20.6 Å². The van der Waals surface area contributed by atoms with Gasteiger partial charge in [-0.15, -0.1) is 0 Å². The van der Waals surface area contributed by atoms with Crippen LogP contribution in [0.25, 0.3) is 11.4 Å². The molecule has 1 fully saturated rings. The van der Waals surface area contributed by atoms with Gasteiger partial charge in [0.15, 0.2) is 17.5 Å². The van der Waals surface area contributed by atoms with Gasteiger partial charge in [0.25, 0.3) is 5.91 Å². The van der Waals surface area contributed by atoms with E-state index in [1.54, 1.807) is 17.9 Å². The first kappa shape index (κ1) is 22.3. The number of aliphatic imine (C=N–C) groups is 2. The third-order valence-corrected chi connectivity index (χ3v) is 5.32. The lowest BCUT2D eigenvalue weighted by Gasteiger charge is -2.29. The Morgan fingerprint density at radius 1 is 1.39 bits per heavy atom. The number of carbonyl (C=O) groups excluding carboxylic acids is 1. The molecule has 0 aromatic carbocycles. The van der Waals surface area contributed by atoms with Crippen LogP contribution in [0.3, 0.4) is 0 Å². The van der Waals surface area contributed by atoms with Gasteiger partial charge in [0.1, 0.15) is 11.9 Å². The summed E-state index contributed by atoms with van der Waals surface area (Å²) in [4.78, 5) is 37.6. The molecule has 1 atom stereocenters. The molecule has 2 aliphatic rings. The van der Waals surface area contributed by atoms with Crippen LogP contribution >= 0.6 is 0 Å². The Bertz CT molecular complexity index is 1070. The number of anilines is 3. The SMILES string of the molecule is C=N/C=C(\C=NCC1Nc2c(N3CCOCC3)nc(-c3cccnc3)nc2N1C)C(=O)NO. The minimum Gasteiger partial charge on any atom is -0.378 e. The van der Waals surface area contributed by atoms with E-state index in [4.69, 9.17) is 19.9 Å². The third-order valence-electron chi connectivity index (χ3n) is 5.32. The highest BCUT2D eigenvalue weighted by atomic mass is 16.5. The molecule has 0 radical (unpaired) electrons. The zero-order valence-corrected chi connectivity index (χ0v) is 18.2. The molecular formula is C21H25N9O3. The number of nitrogens with zero attached hydrogens (tertiary/aromatic N) is 7. The fraction of sp³-hybridized carbons (Fsp3) is 0.333. The molecule has 2 aromatic rings. The maximum absolute atomic E-state index is 11.7. The summed E-state index contributed by atoms with van der Waals surface area (Å²) >= 11 is 0. The molecular weight excluding hydrogens is 426 g/mol. The minimum absolute atomic E-state index is 0.0818. The summed E-state index contributed by atoms with van der Waals surface area (Å²) in [6.45, 7) is 6.34. The molecule has 4 heterocycles. The maximum Gasteiger partial charge on any atom is 0.277 e. The Kier molecular flexibility index (Phi) is 6.86. The third kappa shape index (κ3) is 4.81. The highest BCUT2D eigenvalue weighted by Crippen LogP contribution is 2.40. The number of hydroxylamine groups is 1. The average molecular weight is 451 g/mol. The fourth-order valence-electron chi connectivity index (χ4n) is 3.59. The molecule has 1 saturated heterocycles. The van der Waals surface area contributed by atoms with Crippen molar-refractivity contribution in [3.63, 3.8) is 0 Å². The molecule has 172 valence electrons. The highest BCUT2D eigenvalue weighted by Gasteiger charge is 2.33. The first-order valence-corrected chi connectivity index (χ1v) is 10.4. The number of hydrogen-bond donors (Lipinski definition) is 3. The van der Waals surface area contributed by atoms with E-state index in [1.165, 1.54) is 12.4 Å². The Hall–Kier alpha value is -3.90. The molecule has 2 aliphatic heterocycles. The van der Waals surface area contributed by atoms with Gasteiger partial charge in [-0.25, -0.2) is 15.4 Å². The van der Waals surface area contributed by atoms with Crippen LogP contribution in [0.2, 0.25) is 0 Å². The molecule has 2 aromatic heterocycles. The summed E-state index contributed by atoms with van der Waals surface area (Å²) in [6.07, 6.45) is 5.79. The highest BCUT2D eigenvalue weighted by molar-refractivity contribution is 6.11. The van der Waals surface area contributed by atoms with Crippen LogP contribution in [0.4, 0.5) is 17.3 Å². The van der Waals surface area contributed by atoms with E-state index < -0.39 is 5.91 Å². The van der Waals surface area contributed by atoms with E-state index in [9.17, 15) is 4.79 Å².